The number of hydrogen-bond donors (Lipinski definition) is 8. The Hall–Kier alpha value is -0.360. The van der Waals surface area contributed by atoms with Crippen LogP contribution in [0.2, 0.25) is 0 Å². The van der Waals surface area contributed by atoms with Gasteiger partial charge in [0.15, 0.2) is 0 Å². The number of nitrogens with zero attached hydrogens (tertiary/aromatic N) is 1. The van der Waals surface area contributed by atoms with Crippen LogP contribution in [0.4, 0.5) is 0 Å². The van der Waals surface area contributed by atoms with Crippen molar-refractivity contribution in [3.8, 4) is 0 Å². The summed E-state index contributed by atoms with van der Waals surface area (Å²) in [5.74, 6) is 0. The first-order valence-electron chi connectivity index (χ1n) is 23.8. The summed E-state index contributed by atoms with van der Waals surface area (Å²) in [5, 5.41) is 48.3. The van der Waals surface area contributed by atoms with Crippen LogP contribution in [0.5, 0.6) is 0 Å². The van der Waals surface area contributed by atoms with Gasteiger partial charge in [-0.05, 0) is 19.8 Å². The molecule has 0 fully saturated rings. The molecule has 0 saturated carbocycles. The molecule has 0 radical (unpaired) electrons. The van der Waals surface area contributed by atoms with Gasteiger partial charge in [0.2, 0.25) is 0 Å². The van der Waals surface area contributed by atoms with Gasteiger partial charge in [-0.15, -0.1) is 0 Å². The topological polar surface area (TPSA) is 124 Å². The first-order chi connectivity index (χ1) is 26.5. The van der Waals surface area contributed by atoms with E-state index in [0.29, 0.717) is 19.6 Å². The van der Waals surface area contributed by atoms with Crippen LogP contribution in [-0.2, 0) is 0 Å². The standard InChI is InChI=1S/C45H98N6O3/c1-4-6-8-10-12-14-16-18-20-22-24-26-28-44(53)41-51(42-45(54)29-27-25-23-21-19-17-15-13-11-9-7-5-2)39-38-49-35-34-47-31-30-46-32-33-48-36-37-50-40-43(3)52/h43-50,52-54H,4-42H2,1-3H3. The Bertz CT molecular complexity index is 656. The van der Waals surface area contributed by atoms with Gasteiger partial charge < -0.3 is 41.9 Å². The van der Waals surface area contributed by atoms with Crippen LogP contribution < -0.4 is 26.6 Å². The number of aliphatic hydroxyl groups is 3. The first kappa shape index (κ1) is 53.6. The van der Waals surface area contributed by atoms with Gasteiger partial charge in [-0.1, -0.05) is 168 Å². The van der Waals surface area contributed by atoms with Crippen molar-refractivity contribution in [1.29, 1.82) is 0 Å². The molecule has 0 aromatic carbocycles. The van der Waals surface area contributed by atoms with E-state index in [1.807, 2.05) is 0 Å². The minimum Gasteiger partial charge on any atom is -0.392 e. The van der Waals surface area contributed by atoms with Gasteiger partial charge in [-0.25, -0.2) is 0 Å². The molecule has 0 spiro atoms. The molecule has 0 rings (SSSR count). The summed E-state index contributed by atoms with van der Waals surface area (Å²) in [4.78, 5) is 2.30. The highest BCUT2D eigenvalue weighted by Gasteiger charge is 2.16. The second-order valence-electron chi connectivity index (χ2n) is 16.5. The minimum atomic E-state index is -0.317. The van der Waals surface area contributed by atoms with E-state index in [9.17, 15) is 15.3 Å². The number of unbranched alkanes of at least 4 members (excludes halogenated alkanes) is 22. The maximum Gasteiger partial charge on any atom is 0.0667 e. The molecular weight excluding hydrogens is 673 g/mol. The molecule has 9 heteroatoms. The molecule has 3 unspecified atom stereocenters. The fraction of sp³-hybridized carbons (Fsp3) is 1.00. The Morgan fingerprint density at radius 2 is 0.648 bits per heavy atom. The first-order valence-corrected chi connectivity index (χ1v) is 23.8. The smallest absolute Gasteiger partial charge is 0.0667 e. The van der Waals surface area contributed by atoms with Crippen LogP contribution in [0.1, 0.15) is 188 Å². The third-order valence-corrected chi connectivity index (χ3v) is 10.7. The Balaban J connectivity index is 4.18. The maximum absolute atomic E-state index is 11.0. The fourth-order valence-electron chi connectivity index (χ4n) is 7.23. The SMILES string of the molecule is CCCCCCCCCCCCCCC(O)CN(CCNCCNCCNCCNCCNCC(C)O)CC(O)CCCCCCCCCCCCCC. The molecule has 9 nitrogen and oxygen atoms in total. The Morgan fingerprint density at radius 1 is 0.370 bits per heavy atom. The molecule has 0 aliphatic carbocycles. The summed E-state index contributed by atoms with van der Waals surface area (Å²) in [5.41, 5.74) is 0. The monoisotopic (exact) mass is 771 g/mol. The number of nitrogens with one attached hydrogen (secondary N) is 5. The molecule has 0 aliphatic heterocycles. The highest BCUT2D eigenvalue weighted by atomic mass is 16.3. The third kappa shape index (κ3) is 44.4. The molecule has 0 bridgehead atoms. The van der Waals surface area contributed by atoms with Crippen molar-refractivity contribution in [2.75, 3.05) is 85.1 Å². The molecule has 0 aromatic heterocycles. The molecule has 0 amide bonds. The summed E-state index contributed by atoms with van der Waals surface area (Å²) in [7, 11) is 0. The lowest BCUT2D eigenvalue weighted by molar-refractivity contribution is 0.0611. The quantitative estimate of drug-likeness (QED) is 0.0297. The van der Waals surface area contributed by atoms with Crippen LogP contribution in [0.15, 0.2) is 0 Å². The normalized spacial score (nSPS) is 13.6. The zero-order valence-corrected chi connectivity index (χ0v) is 36.6. The van der Waals surface area contributed by atoms with E-state index >= 15 is 0 Å². The van der Waals surface area contributed by atoms with Crippen molar-refractivity contribution in [2.24, 2.45) is 0 Å². The summed E-state index contributed by atoms with van der Waals surface area (Å²) in [6, 6.07) is 0. The molecule has 54 heavy (non-hydrogen) atoms. The lowest BCUT2D eigenvalue weighted by atomic mass is 10.0. The van der Waals surface area contributed by atoms with Gasteiger partial charge in [0.25, 0.3) is 0 Å². The largest absolute Gasteiger partial charge is 0.392 e. The van der Waals surface area contributed by atoms with Gasteiger partial charge in [0.05, 0.1) is 18.3 Å². The number of hydrogen-bond acceptors (Lipinski definition) is 9. The van der Waals surface area contributed by atoms with E-state index in [0.717, 1.165) is 91.1 Å². The van der Waals surface area contributed by atoms with Crippen LogP contribution >= 0.6 is 0 Å². The van der Waals surface area contributed by atoms with Crippen LogP contribution in [-0.4, -0.2) is 124 Å². The van der Waals surface area contributed by atoms with Crippen LogP contribution in [0.3, 0.4) is 0 Å². The van der Waals surface area contributed by atoms with Crippen molar-refractivity contribution in [2.45, 2.75) is 206 Å². The van der Waals surface area contributed by atoms with E-state index in [1.165, 1.54) is 141 Å². The van der Waals surface area contributed by atoms with Gasteiger partial charge in [0, 0.05) is 85.1 Å². The highest BCUT2D eigenvalue weighted by Crippen LogP contribution is 2.15. The second-order valence-corrected chi connectivity index (χ2v) is 16.5. The van der Waals surface area contributed by atoms with E-state index < -0.39 is 0 Å². The summed E-state index contributed by atoms with van der Waals surface area (Å²) >= 11 is 0. The van der Waals surface area contributed by atoms with Gasteiger partial charge in [-0.3, -0.25) is 4.90 Å². The van der Waals surface area contributed by atoms with Crippen molar-refractivity contribution in [3.05, 3.63) is 0 Å². The van der Waals surface area contributed by atoms with E-state index in [1.54, 1.807) is 6.92 Å². The Morgan fingerprint density at radius 3 is 0.963 bits per heavy atom. The van der Waals surface area contributed by atoms with E-state index in [-0.39, 0.29) is 18.3 Å². The van der Waals surface area contributed by atoms with E-state index in [4.69, 9.17) is 0 Å². The minimum absolute atomic E-state index is 0.292. The van der Waals surface area contributed by atoms with Crippen molar-refractivity contribution in [1.82, 2.24) is 31.5 Å². The average molecular weight is 771 g/mol. The van der Waals surface area contributed by atoms with Crippen molar-refractivity contribution in [3.63, 3.8) is 0 Å². The summed E-state index contributed by atoms with van der Waals surface area (Å²) < 4.78 is 0. The second kappa shape index (κ2) is 45.3. The molecule has 0 aromatic rings. The van der Waals surface area contributed by atoms with Gasteiger partial charge >= 0.3 is 0 Å². The third-order valence-electron chi connectivity index (χ3n) is 10.7. The number of rotatable bonds is 47. The van der Waals surface area contributed by atoms with Crippen molar-refractivity contribution < 1.29 is 15.3 Å². The van der Waals surface area contributed by atoms with Gasteiger partial charge in [-0.2, -0.15) is 0 Å². The fourth-order valence-corrected chi connectivity index (χ4v) is 7.23. The number of aliphatic hydroxyl groups excluding tert-OH is 3. The lowest BCUT2D eigenvalue weighted by Gasteiger charge is -2.27. The molecule has 326 valence electrons. The summed E-state index contributed by atoms with van der Waals surface area (Å²) in [6.45, 7) is 17.5. The zero-order valence-electron chi connectivity index (χ0n) is 36.6. The molecule has 0 heterocycles. The lowest BCUT2D eigenvalue weighted by Crippen LogP contribution is -2.42. The molecular formula is C45H98N6O3. The Kier molecular flexibility index (Phi) is 45.0. The maximum atomic E-state index is 11.0. The van der Waals surface area contributed by atoms with Crippen LogP contribution in [0.25, 0.3) is 0 Å². The molecule has 0 aliphatic rings. The predicted molar refractivity (Wildman–Crippen MR) is 236 cm³/mol. The molecule has 3 atom stereocenters. The van der Waals surface area contributed by atoms with Gasteiger partial charge in [0.1, 0.15) is 0 Å². The average Bonchev–Trinajstić information content (AvgIpc) is 3.15. The van der Waals surface area contributed by atoms with E-state index in [2.05, 4.69) is 45.3 Å². The Labute approximate surface area is 337 Å². The zero-order chi connectivity index (χ0) is 39.4. The molecule has 8 N–H and O–H groups in total. The predicted octanol–water partition coefficient (Wildman–Crippen LogP) is 7.52. The highest BCUT2D eigenvalue weighted by molar-refractivity contribution is 4.71. The van der Waals surface area contributed by atoms with Crippen LogP contribution in [0, 0.1) is 0 Å². The van der Waals surface area contributed by atoms with Crippen molar-refractivity contribution >= 4 is 0 Å². The summed E-state index contributed by atoms with van der Waals surface area (Å²) in [6.07, 6.45) is 32.9. The molecule has 0 saturated heterocycles.